The molecule has 36 heavy (non-hydrogen) atoms. The number of amides is 2. The fourth-order valence-corrected chi connectivity index (χ4v) is 3.55. The fraction of sp³-hybridized carbons (Fsp3) is 0.345. The summed E-state index contributed by atoms with van der Waals surface area (Å²) in [5.41, 5.74) is 3.70. The van der Waals surface area contributed by atoms with Crippen molar-refractivity contribution in [1.82, 2.24) is 0 Å². The summed E-state index contributed by atoms with van der Waals surface area (Å²) in [5, 5.41) is 0. The van der Waals surface area contributed by atoms with Crippen LogP contribution in [0.5, 0.6) is 0 Å². The van der Waals surface area contributed by atoms with E-state index in [0.29, 0.717) is 26.1 Å². The lowest BCUT2D eigenvalue weighted by atomic mass is 10.1. The number of ether oxygens (including phenoxy) is 2. The number of carbonyl (C=O) groups is 3. The van der Waals surface area contributed by atoms with Crippen molar-refractivity contribution in [2.24, 2.45) is 0 Å². The van der Waals surface area contributed by atoms with Crippen LogP contribution < -0.4 is 9.80 Å². The highest BCUT2D eigenvalue weighted by molar-refractivity contribution is 6.02. The van der Waals surface area contributed by atoms with Gasteiger partial charge in [0, 0.05) is 37.6 Å². The van der Waals surface area contributed by atoms with Crippen molar-refractivity contribution in [3.8, 4) is 0 Å². The molecule has 192 valence electrons. The first kappa shape index (κ1) is 28.4. The molecule has 0 spiro atoms. The number of carbonyl (C=O) groups excluding carboxylic acids is 3. The van der Waals surface area contributed by atoms with Crippen LogP contribution in [-0.4, -0.2) is 45.3 Å². The van der Waals surface area contributed by atoms with Crippen molar-refractivity contribution in [1.29, 1.82) is 0 Å². The maximum absolute atomic E-state index is 13.2. The first-order valence-electron chi connectivity index (χ1n) is 12.1. The van der Waals surface area contributed by atoms with Crippen LogP contribution in [0.1, 0.15) is 37.8 Å². The normalized spacial score (nSPS) is 11.0. The van der Waals surface area contributed by atoms with Crippen LogP contribution in [0.15, 0.2) is 72.8 Å². The molecule has 0 aliphatic carbocycles. The van der Waals surface area contributed by atoms with Crippen LogP contribution in [0.2, 0.25) is 0 Å². The van der Waals surface area contributed by atoms with Gasteiger partial charge in [-0.25, -0.2) is 14.4 Å². The number of esters is 2. The molecule has 0 aliphatic heterocycles. The van der Waals surface area contributed by atoms with Gasteiger partial charge in [0.1, 0.15) is 0 Å². The monoisotopic (exact) mass is 492 g/mol. The quantitative estimate of drug-likeness (QED) is 0.223. The summed E-state index contributed by atoms with van der Waals surface area (Å²) < 4.78 is 10.3. The minimum atomic E-state index is -0.337. The molecule has 2 aromatic rings. The zero-order valence-corrected chi connectivity index (χ0v) is 21.6. The summed E-state index contributed by atoms with van der Waals surface area (Å²) in [6.45, 7) is 4.23. The molecule has 2 aromatic carbocycles. The summed E-state index contributed by atoms with van der Waals surface area (Å²) in [6.07, 6.45) is 8.97. The Labute approximate surface area is 214 Å². The molecule has 7 nitrogen and oxygen atoms in total. The van der Waals surface area contributed by atoms with E-state index < -0.39 is 0 Å². The highest BCUT2D eigenvalue weighted by atomic mass is 16.5. The molecule has 2 rings (SSSR count). The van der Waals surface area contributed by atoms with Gasteiger partial charge in [-0.2, -0.15) is 0 Å². The molecule has 0 fully saturated rings. The summed E-state index contributed by atoms with van der Waals surface area (Å²) in [6, 6.07) is 15.4. The predicted octanol–water partition coefficient (Wildman–Crippen LogP) is 5.48. The van der Waals surface area contributed by atoms with Crippen LogP contribution in [-0.2, 0) is 31.9 Å². The standard InChI is InChI=1S/C29H36N2O5/c1-5-11-27(32)35-19-9-15-23-13-7-17-25(21-23)30(3)29(34)31(4)26-18-8-14-24(22-26)16-10-20-36-28(33)12-6-2/h5-8,11-14,17-18,21-22H,9-10,15-16,19-20H2,1-4H3. The summed E-state index contributed by atoms with van der Waals surface area (Å²) >= 11 is 0. The van der Waals surface area contributed by atoms with E-state index in [1.54, 1.807) is 49.9 Å². The molecule has 0 bridgehead atoms. The third-order valence-corrected chi connectivity index (χ3v) is 5.48. The lowest BCUT2D eigenvalue weighted by Gasteiger charge is -2.26. The van der Waals surface area contributed by atoms with Crippen LogP contribution in [0.25, 0.3) is 0 Å². The van der Waals surface area contributed by atoms with Crippen LogP contribution in [0.3, 0.4) is 0 Å². The molecule has 0 saturated heterocycles. The minimum Gasteiger partial charge on any atom is -0.463 e. The zero-order valence-electron chi connectivity index (χ0n) is 21.6. The summed E-state index contributed by atoms with van der Waals surface area (Å²) in [4.78, 5) is 39.2. The molecule has 0 radical (unpaired) electrons. The zero-order chi connectivity index (χ0) is 26.3. The largest absolute Gasteiger partial charge is 0.463 e. The van der Waals surface area contributed by atoms with Crippen LogP contribution in [0.4, 0.5) is 16.2 Å². The van der Waals surface area contributed by atoms with E-state index in [1.807, 2.05) is 48.5 Å². The molecule has 0 N–H and O–H groups in total. The van der Waals surface area contributed by atoms with E-state index in [0.717, 1.165) is 35.3 Å². The highest BCUT2D eigenvalue weighted by Gasteiger charge is 2.18. The number of anilines is 2. The molecule has 0 aromatic heterocycles. The lowest BCUT2D eigenvalue weighted by molar-refractivity contribution is -0.138. The van der Waals surface area contributed by atoms with Crippen molar-refractivity contribution in [2.75, 3.05) is 37.1 Å². The Balaban J connectivity index is 1.93. The van der Waals surface area contributed by atoms with Gasteiger partial charge in [-0.05, 0) is 74.9 Å². The highest BCUT2D eigenvalue weighted by Crippen LogP contribution is 2.21. The lowest BCUT2D eigenvalue weighted by Crippen LogP contribution is -2.39. The fourth-order valence-electron chi connectivity index (χ4n) is 3.55. The number of benzene rings is 2. The van der Waals surface area contributed by atoms with E-state index in [2.05, 4.69) is 0 Å². The Kier molecular flexibility index (Phi) is 12.0. The first-order valence-corrected chi connectivity index (χ1v) is 12.1. The molecule has 7 heteroatoms. The summed E-state index contributed by atoms with van der Waals surface area (Å²) in [7, 11) is 3.50. The second-order valence-corrected chi connectivity index (χ2v) is 8.28. The van der Waals surface area contributed by atoms with E-state index in [4.69, 9.17) is 9.47 Å². The molecule has 0 saturated carbocycles. The number of allylic oxidation sites excluding steroid dienone is 2. The Morgan fingerprint density at radius 3 is 1.53 bits per heavy atom. The Bertz CT molecular complexity index is 993. The topological polar surface area (TPSA) is 76.2 Å². The van der Waals surface area contributed by atoms with Gasteiger partial charge in [0.05, 0.1) is 13.2 Å². The van der Waals surface area contributed by atoms with Crippen molar-refractivity contribution in [3.63, 3.8) is 0 Å². The van der Waals surface area contributed by atoms with Crippen LogP contribution >= 0.6 is 0 Å². The van der Waals surface area contributed by atoms with Gasteiger partial charge < -0.3 is 9.47 Å². The van der Waals surface area contributed by atoms with Gasteiger partial charge in [-0.15, -0.1) is 0 Å². The third-order valence-electron chi connectivity index (χ3n) is 5.48. The Morgan fingerprint density at radius 2 is 1.14 bits per heavy atom. The minimum absolute atomic E-state index is 0.162. The molecule has 2 amide bonds. The average molecular weight is 493 g/mol. The second-order valence-electron chi connectivity index (χ2n) is 8.28. The average Bonchev–Trinajstić information content (AvgIpc) is 2.88. The molecule has 0 aliphatic rings. The maximum atomic E-state index is 13.2. The van der Waals surface area contributed by atoms with E-state index >= 15 is 0 Å². The smallest absolute Gasteiger partial charge is 0.330 e. The van der Waals surface area contributed by atoms with E-state index in [9.17, 15) is 14.4 Å². The number of urea groups is 1. The molecular formula is C29H36N2O5. The first-order chi connectivity index (χ1) is 17.3. The number of hydrogen-bond donors (Lipinski definition) is 0. The van der Waals surface area contributed by atoms with Crippen molar-refractivity contribution >= 4 is 29.3 Å². The van der Waals surface area contributed by atoms with Gasteiger partial charge in [-0.1, -0.05) is 36.4 Å². The third kappa shape index (κ3) is 9.41. The van der Waals surface area contributed by atoms with E-state index in [1.165, 1.54) is 12.2 Å². The van der Waals surface area contributed by atoms with Gasteiger partial charge in [-0.3, -0.25) is 9.80 Å². The van der Waals surface area contributed by atoms with Crippen molar-refractivity contribution < 1.29 is 23.9 Å². The SMILES string of the molecule is CC=CC(=O)OCCCc1cccc(N(C)C(=O)N(C)c2cccc(CCCOC(=O)C=CC)c2)c1. The molecular weight excluding hydrogens is 456 g/mol. The number of hydrogen-bond acceptors (Lipinski definition) is 5. The van der Waals surface area contributed by atoms with E-state index in [-0.39, 0.29) is 18.0 Å². The van der Waals surface area contributed by atoms with Crippen molar-refractivity contribution in [2.45, 2.75) is 39.5 Å². The van der Waals surface area contributed by atoms with Crippen molar-refractivity contribution in [3.05, 3.63) is 84.0 Å². The Hall–Kier alpha value is -3.87. The molecule has 0 heterocycles. The predicted molar refractivity (Wildman–Crippen MR) is 143 cm³/mol. The molecule has 0 unspecified atom stereocenters. The van der Waals surface area contributed by atoms with Gasteiger partial charge in [0.25, 0.3) is 0 Å². The maximum Gasteiger partial charge on any atom is 0.330 e. The van der Waals surface area contributed by atoms with Gasteiger partial charge in [0.2, 0.25) is 0 Å². The van der Waals surface area contributed by atoms with Gasteiger partial charge in [0.15, 0.2) is 0 Å². The van der Waals surface area contributed by atoms with Gasteiger partial charge >= 0.3 is 18.0 Å². The second kappa shape index (κ2) is 15.2. The number of nitrogens with zero attached hydrogens (tertiary/aromatic N) is 2. The van der Waals surface area contributed by atoms with Crippen LogP contribution in [0, 0.1) is 0 Å². The summed E-state index contributed by atoms with van der Waals surface area (Å²) in [5.74, 6) is -0.673. The Morgan fingerprint density at radius 1 is 0.722 bits per heavy atom. The number of aryl methyl sites for hydroxylation is 2. The number of rotatable bonds is 12. The molecule has 0 atom stereocenters.